The molecule has 2 heterocycles. The first-order chi connectivity index (χ1) is 3.86. The zero-order valence-corrected chi connectivity index (χ0v) is 5.43. The average Bonchev–Trinajstić information content (AvgIpc) is 2.23. The molecule has 0 radical (unpaired) electrons. The van der Waals surface area contributed by atoms with E-state index in [0.29, 0.717) is 0 Å². The molecule has 3 atom stereocenters. The van der Waals surface area contributed by atoms with Crippen molar-refractivity contribution >= 4 is 0 Å². The summed E-state index contributed by atoms with van der Waals surface area (Å²) in [4.78, 5) is 2.58. The van der Waals surface area contributed by atoms with Crippen molar-refractivity contribution in [2.24, 2.45) is 11.8 Å². The Morgan fingerprint density at radius 1 is 1.38 bits per heavy atom. The fourth-order valence-corrected chi connectivity index (χ4v) is 2.05. The minimum atomic E-state index is 1.00. The van der Waals surface area contributed by atoms with E-state index < -0.39 is 0 Å². The van der Waals surface area contributed by atoms with Crippen molar-refractivity contribution in [3.05, 3.63) is 0 Å². The number of nitrogens with zero attached hydrogens (tertiary/aromatic N) is 1. The van der Waals surface area contributed by atoms with Gasteiger partial charge < -0.3 is 4.90 Å². The molecule has 8 heavy (non-hydrogen) atoms. The van der Waals surface area contributed by atoms with E-state index in [1.807, 2.05) is 0 Å². The zero-order valence-electron chi connectivity index (χ0n) is 5.43. The maximum atomic E-state index is 2.58. The predicted octanol–water partition coefficient (Wildman–Crippen LogP) is 0.958. The molecule has 2 aliphatic rings. The molecule has 0 N–H and O–H groups in total. The average molecular weight is 111 g/mol. The van der Waals surface area contributed by atoms with Crippen LogP contribution in [0, 0.1) is 11.8 Å². The van der Waals surface area contributed by atoms with E-state index in [2.05, 4.69) is 11.8 Å². The second kappa shape index (κ2) is 1.47. The van der Waals surface area contributed by atoms with Crippen molar-refractivity contribution in [2.45, 2.75) is 13.3 Å². The van der Waals surface area contributed by atoms with Gasteiger partial charge in [0.25, 0.3) is 0 Å². The van der Waals surface area contributed by atoms with Crippen LogP contribution in [-0.2, 0) is 0 Å². The van der Waals surface area contributed by atoms with E-state index in [4.69, 9.17) is 0 Å². The number of fused-ring (bicyclic) bond motifs is 2. The van der Waals surface area contributed by atoms with Gasteiger partial charge in [0.1, 0.15) is 0 Å². The fraction of sp³-hybridized carbons (Fsp3) is 1.00. The molecule has 0 aliphatic carbocycles. The van der Waals surface area contributed by atoms with Crippen molar-refractivity contribution in [2.75, 3.05) is 19.6 Å². The number of hydrogen-bond acceptors (Lipinski definition) is 1. The standard InChI is InChI=1S/C7H13N/c1-6-4-8-3-2-7(6)5-8/h6-7H,2-5H2,1H3/t6-,7+/m0/s1. The summed E-state index contributed by atoms with van der Waals surface area (Å²) in [6.07, 6.45) is 1.47. The lowest BCUT2D eigenvalue weighted by molar-refractivity contribution is 0.316. The van der Waals surface area contributed by atoms with Crippen molar-refractivity contribution in [1.82, 2.24) is 4.90 Å². The maximum absolute atomic E-state index is 2.58. The van der Waals surface area contributed by atoms with Crippen molar-refractivity contribution < 1.29 is 0 Å². The third kappa shape index (κ3) is 0.510. The van der Waals surface area contributed by atoms with E-state index in [1.165, 1.54) is 26.1 Å². The Balaban J connectivity index is 2.11. The number of hydrogen-bond donors (Lipinski definition) is 0. The molecule has 1 heteroatoms. The molecule has 2 bridgehead atoms. The summed E-state index contributed by atoms with van der Waals surface area (Å²) in [6.45, 7) is 6.55. The second-order valence-corrected chi connectivity index (χ2v) is 3.29. The first kappa shape index (κ1) is 4.80. The van der Waals surface area contributed by atoms with Crippen LogP contribution in [0.3, 0.4) is 0 Å². The highest BCUT2D eigenvalue weighted by Gasteiger charge is 2.34. The molecule has 46 valence electrons. The minimum Gasteiger partial charge on any atom is -0.303 e. The van der Waals surface area contributed by atoms with Gasteiger partial charge in [0, 0.05) is 13.1 Å². The third-order valence-corrected chi connectivity index (χ3v) is 2.66. The summed E-state index contributed by atoms with van der Waals surface area (Å²) in [5, 5.41) is 0. The fourth-order valence-electron chi connectivity index (χ4n) is 2.05. The van der Waals surface area contributed by atoms with Crippen LogP contribution in [0.2, 0.25) is 0 Å². The van der Waals surface area contributed by atoms with Gasteiger partial charge in [0.05, 0.1) is 0 Å². The molecule has 1 unspecified atom stereocenters. The normalized spacial score (nSPS) is 52.9. The highest BCUT2D eigenvalue weighted by Crippen LogP contribution is 2.31. The molecule has 0 aromatic heterocycles. The lowest BCUT2D eigenvalue weighted by Gasteiger charge is -2.16. The van der Waals surface area contributed by atoms with Crippen molar-refractivity contribution in [1.29, 1.82) is 0 Å². The number of rotatable bonds is 0. The molecule has 0 aromatic rings. The molecule has 2 rings (SSSR count). The van der Waals surface area contributed by atoms with E-state index in [0.717, 1.165) is 11.8 Å². The summed E-state index contributed by atoms with van der Waals surface area (Å²) in [5.41, 5.74) is 0. The van der Waals surface area contributed by atoms with Gasteiger partial charge in [-0.3, -0.25) is 0 Å². The Kier molecular flexibility index (Phi) is 0.884. The van der Waals surface area contributed by atoms with Gasteiger partial charge in [0.15, 0.2) is 0 Å². The maximum Gasteiger partial charge on any atom is 0.00133 e. The molecule has 0 amide bonds. The molecule has 2 fully saturated rings. The van der Waals surface area contributed by atoms with Crippen LogP contribution in [0.1, 0.15) is 13.3 Å². The minimum absolute atomic E-state index is 1.00. The second-order valence-electron chi connectivity index (χ2n) is 3.29. The molecule has 0 saturated carbocycles. The first-order valence-electron chi connectivity index (χ1n) is 3.58. The topological polar surface area (TPSA) is 3.24 Å². The summed E-state index contributed by atoms with van der Waals surface area (Å²) in [6, 6.07) is 0. The van der Waals surface area contributed by atoms with Crippen LogP contribution in [0.4, 0.5) is 0 Å². The summed E-state index contributed by atoms with van der Waals surface area (Å²) in [5.74, 6) is 2.07. The van der Waals surface area contributed by atoms with Crippen molar-refractivity contribution in [3.63, 3.8) is 0 Å². The lowest BCUT2D eigenvalue weighted by atomic mass is 9.95. The molecule has 2 saturated heterocycles. The van der Waals surface area contributed by atoms with Crippen LogP contribution < -0.4 is 0 Å². The van der Waals surface area contributed by atoms with Crippen molar-refractivity contribution in [3.8, 4) is 0 Å². The van der Waals surface area contributed by atoms with Crippen LogP contribution in [-0.4, -0.2) is 24.5 Å². The molecule has 1 nitrogen and oxygen atoms in total. The Labute approximate surface area is 50.7 Å². The van der Waals surface area contributed by atoms with Crippen LogP contribution in [0.25, 0.3) is 0 Å². The highest BCUT2D eigenvalue weighted by molar-refractivity contribution is 4.87. The van der Waals surface area contributed by atoms with Crippen LogP contribution >= 0.6 is 0 Å². The smallest absolute Gasteiger partial charge is 0.00133 e. The molecular formula is C7H13N. The van der Waals surface area contributed by atoms with Crippen LogP contribution in [0.5, 0.6) is 0 Å². The van der Waals surface area contributed by atoms with Gasteiger partial charge in [-0.25, -0.2) is 0 Å². The Morgan fingerprint density at radius 2 is 2.25 bits per heavy atom. The Hall–Kier alpha value is -0.0400. The van der Waals surface area contributed by atoms with Gasteiger partial charge in [-0.2, -0.15) is 0 Å². The zero-order chi connectivity index (χ0) is 5.56. The van der Waals surface area contributed by atoms with E-state index in [-0.39, 0.29) is 0 Å². The highest BCUT2D eigenvalue weighted by atomic mass is 15.2. The van der Waals surface area contributed by atoms with Gasteiger partial charge >= 0.3 is 0 Å². The lowest BCUT2D eigenvalue weighted by Crippen LogP contribution is -2.21. The largest absolute Gasteiger partial charge is 0.303 e. The van der Waals surface area contributed by atoms with Gasteiger partial charge in [0.2, 0.25) is 0 Å². The summed E-state index contributed by atoms with van der Waals surface area (Å²) in [7, 11) is 0. The van der Waals surface area contributed by atoms with Gasteiger partial charge in [-0.15, -0.1) is 0 Å². The molecule has 0 spiro atoms. The predicted molar refractivity (Wildman–Crippen MR) is 33.7 cm³/mol. The third-order valence-electron chi connectivity index (χ3n) is 2.66. The Morgan fingerprint density at radius 3 is 2.50 bits per heavy atom. The van der Waals surface area contributed by atoms with E-state index in [9.17, 15) is 0 Å². The monoisotopic (exact) mass is 111 g/mol. The van der Waals surface area contributed by atoms with E-state index >= 15 is 0 Å². The van der Waals surface area contributed by atoms with Gasteiger partial charge in [-0.1, -0.05) is 6.92 Å². The van der Waals surface area contributed by atoms with E-state index in [1.54, 1.807) is 0 Å². The molecule has 0 aromatic carbocycles. The van der Waals surface area contributed by atoms with Crippen LogP contribution in [0.15, 0.2) is 0 Å². The molecule has 2 aliphatic heterocycles. The first-order valence-corrected chi connectivity index (χ1v) is 3.58. The molecular weight excluding hydrogens is 98.1 g/mol. The Bertz CT molecular complexity index is 98.6. The quantitative estimate of drug-likeness (QED) is 0.450. The number of piperidine rings is 1. The SMILES string of the molecule is C[C@H]1CN2CC[C@@H]1C2. The summed E-state index contributed by atoms with van der Waals surface area (Å²) >= 11 is 0. The summed E-state index contributed by atoms with van der Waals surface area (Å²) < 4.78 is 0. The van der Waals surface area contributed by atoms with Gasteiger partial charge in [-0.05, 0) is 24.8 Å².